The Bertz CT molecular complexity index is 1470. The van der Waals surface area contributed by atoms with Crippen LogP contribution in [0.25, 0.3) is 16.8 Å². The lowest BCUT2D eigenvalue weighted by molar-refractivity contribution is 0.0690. The van der Waals surface area contributed by atoms with Gasteiger partial charge in [-0.1, -0.05) is 24.3 Å². The van der Waals surface area contributed by atoms with Gasteiger partial charge in [0.2, 0.25) is 0 Å². The molecule has 0 spiro atoms. The molecule has 2 heterocycles. The third-order valence-electron chi connectivity index (χ3n) is 5.09. The number of pyridine rings is 1. The predicted molar refractivity (Wildman–Crippen MR) is 116 cm³/mol. The number of hydrogen-bond acceptors (Lipinski definition) is 4. The molecule has 2 aromatic heterocycles. The highest BCUT2D eigenvalue weighted by molar-refractivity contribution is 6.04. The Balaban J connectivity index is 1.85. The van der Waals surface area contributed by atoms with E-state index in [9.17, 15) is 28.3 Å². The zero-order chi connectivity index (χ0) is 23.7. The van der Waals surface area contributed by atoms with E-state index in [0.29, 0.717) is 0 Å². The number of aromatic nitrogens is 2. The lowest BCUT2D eigenvalue weighted by Gasteiger charge is -2.18. The van der Waals surface area contributed by atoms with E-state index in [1.54, 1.807) is 6.92 Å². The van der Waals surface area contributed by atoms with Crippen molar-refractivity contribution in [3.05, 3.63) is 106 Å². The molecule has 4 rings (SSSR count). The van der Waals surface area contributed by atoms with Crippen LogP contribution in [0.3, 0.4) is 0 Å². The highest BCUT2D eigenvalue weighted by Crippen LogP contribution is 2.26. The molecule has 4 aromatic rings. The van der Waals surface area contributed by atoms with Gasteiger partial charge in [0.05, 0.1) is 28.4 Å². The molecule has 2 aromatic carbocycles. The van der Waals surface area contributed by atoms with Crippen LogP contribution in [0.15, 0.2) is 71.7 Å². The van der Waals surface area contributed by atoms with Crippen molar-refractivity contribution in [3.8, 4) is 11.1 Å². The number of carbonyl (C=O) groups is 2. The first-order valence-corrected chi connectivity index (χ1v) is 9.87. The van der Waals surface area contributed by atoms with Gasteiger partial charge in [-0.3, -0.25) is 14.0 Å². The maximum Gasteiger partial charge on any atom is 0.336 e. The van der Waals surface area contributed by atoms with Crippen molar-refractivity contribution in [1.29, 1.82) is 0 Å². The molecule has 0 fully saturated rings. The third kappa shape index (κ3) is 4.20. The molecular formula is C24H17F2N3O4. The number of nitrogens with one attached hydrogen (secondary N) is 1. The van der Waals surface area contributed by atoms with Crippen LogP contribution in [0, 0.1) is 11.6 Å². The number of benzene rings is 2. The minimum Gasteiger partial charge on any atom is -0.478 e. The molecule has 9 heteroatoms. The van der Waals surface area contributed by atoms with Gasteiger partial charge in [0, 0.05) is 6.20 Å². The fraction of sp³-hybridized carbons (Fsp3) is 0.0833. The molecule has 1 unspecified atom stereocenters. The Morgan fingerprint density at radius 2 is 1.73 bits per heavy atom. The summed E-state index contributed by atoms with van der Waals surface area (Å²) in [6, 6.07) is 12.5. The largest absolute Gasteiger partial charge is 0.478 e. The molecule has 166 valence electrons. The number of carboxylic acids is 1. The lowest BCUT2D eigenvalue weighted by Crippen LogP contribution is -2.31. The number of amides is 1. The van der Waals surface area contributed by atoms with Crippen molar-refractivity contribution in [2.24, 2.45) is 0 Å². The van der Waals surface area contributed by atoms with Gasteiger partial charge in [0.25, 0.3) is 11.5 Å². The summed E-state index contributed by atoms with van der Waals surface area (Å²) < 4.78 is 28.7. The van der Waals surface area contributed by atoms with E-state index in [1.165, 1.54) is 48.5 Å². The van der Waals surface area contributed by atoms with Crippen LogP contribution in [0.1, 0.15) is 39.4 Å². The van der Waals surface area contributed by atoms with Crippen molar-refractivity contribution >= 4 is 17.5 Å². The van der Waals surface area contributed by atoms with Gasteiger partial charge in [-0.25, -0.2) is 18.6 Å². The predicted octanol–water partition coefficient (Wildman–Crippen LogP) is 3.83. The summed E-state index contributed by atoms with van der Waals surface area (Å²) in [4.78, 5) is 42.0. The van der Waals surface area contributed by atoms with Gasteiger partial charge in [0.1, 0.15) is 17.3 Å². The van der Waals surface area contributed by atoms with Crippen molar-refractivity contribution in [2.45, 2.75) is 13.0 Å². The summed E-state index contributed by atoms with van der Waals surface area (Å²) in [5, 5.41) is 12.0. The van der Waals surface area contributed by atoms with Gasteiger partial charge in [-0.2, -0.15) is 0 Å². The Hall–Kier alpha value is -4.40. The van der Waals surface area contributed by atoms with Crippen LogP contribution < -0.4 is 10.9 Å². The van der Waals surface area contributed by atoms with Gasteiger partial charge in [0.15, 0.2) is 0 Å². The number of carbonyl (C=O) groups excluding carboxylic acids is 1. The first kappa shape index (κ1) is 21.8. The van der Waals surface area contributed by atoms with E-state index in [4.69, 9.17) is 0 Å². The minimum absolute atomic E-state index is 0.0167. The summed E-state index contributed by atoms with van der Waals surface area (Å²) >= 11 is 0. The molecule has 0 radical (unpaired) electrons. The van der Waals surface area contributed by atoms with Crippen LogP contribution in [0.2, 0.25) is 0 Å². The van der Waals surface area contributed by atoms with Crippen molar-refractivity contribution in [2.75, 3.05) is 0 Å². The molecule has 0 aliphatic heterocycles. The molecule has 33 heavy (non-hydrogen) atoms. The molecule has 0 bridgehead atoms. The molecule has 0 aliphatic carbocycles. The average molecular weight is 449 g/mol. The molecule has 7 nitrogen and oxygen atoms in total. The van der Waals surface area contributed by atoms with E-state index in [1.807, 2.05) is 0 Å². The zero-order valence-corrected chi connectivity index (χ0v) is 17.3. The smallest absolute Gasteiger partial charge is 0.336 e. The number of aromatic carboxylic acids is 1. The zero-order valence-electron chi connectivity index (χ0n) is 17.3. The van der Waals surface area contributed by atoms with Gasteiger partial charge in [-0.05, 0) is 48.9 Å². The summed E-state index contributed by atoms with van der Waals surface area (Å²) in [5.74, 6) is -3.20. The standard InChI is InChI=1S/C24H17F2N3O4/c1-13(27-22(30)17-7-2-3-8-18(17)24(32)33)21-20(14-5-4-6-15(25)11-14)23(31)29-12-16(26)9-10-19(29)28-21/h2-13H,1H3,(H,27,30)(H,32,33). The fourth-order valence-electron chi connectivity index (χ4n) is 3.57. The summed E-state index contributed by atoms with van der Waals surface area (Å²) in [6.45, 7) is 1.56. The Morgan fingerprint density at radius 1 is 1.00 bits per heavy atom. The van der Waals surface area contributed by atoms with Gasteiger partial charge >= 0.3 is 5.97 Å². The fourth-order valence-corrected chi connectivity index (χ4v) is 3.57. The molecular weight excluding hydrogens is 432 g/mol. The highest BCUT2D eigenvalue weighted by atomic mass is 19.1. The van der Waals surface area contributed by atoms with Crippen molar-refractivity contribution in [1.82, 2.24) is 14.7 Å². The quantitative estimate of drug-likeness (QED) is 0.482. The highest BCUT2D eigenvalue weighted by Gasteiger charge is 2.23. The van der Waals surface area contributed by atoms with Gasteiger partial charge < -0.3 is 10.4 Å². The Kier molecular flexibility index (Phi) is 5.70. The first-order chi connectivity index (χ1) is 15.8. The number of hydrogen-bond donors (Lipinski definition) is 2. The molecule has 0 saturated carbocycles. The second kappa shape index (κ2) is 8.62. The molecule has 0 aliphatic rings. The number of nitrogens with zero attached hydrogens (tertiary/aromatic N) is 2. The van der Waals surface area contributed by atoms with Gasteiger partial charge in [-0.15, -0.1) is 0 Å². The van der Waals surface area contributed by atoms with Crippen LogP contribution in [-0.2, 0) is 0 Å². The van der Waals surface area contributed by atoms with E-state index < -0.39 is 35.1 Å². The Labute approximate surface area is 186 Å². The average Bonchev–Trinajstić information content (AvgIpc) is 2.79. The number of halogens is 2. The van der Waals surface area contributed by atoms with Crippen LogP contribution in [-0.4, -0.2) is 26.4 Å². The number of carboxylic acid groups (broad SMARTS) is 1. The third-order valence-corrected chi connectivity index (χ3v) is 5.09. The van der Waals surface area contributed by atoms with Crippen molar-refractivity contribution < 1.29 is 23.5 Å². The maximum atomic E-state index is 13.9. The number of rotatable bonds is 5. The monoisotopic (exact) mass is 449 g/mol. The second-order valence-corrected chi connectivity index (χ2v) is 7.31. The molecule has 0 saturated heterocycles. The number of fused-ring (bicyclic) bond motifs is 1. The van der Waals surface area contributed by atoms with E-state index in [-0.39, 0.29) is 33.6 Å². The molecule has 2 N–H and O–H groups in total. The minimum atomic E-state index is -1.27. The summed E-state index contributed by atoms with van der Waals surface area (Å²) in [7, 11) is 0. The topological polar surface area (TPSA) is 101 Å². The van der Waals surface area contributed by atoms with Crippen LogP contribution in [0.5, 0.6) is 0 Å². The van der Waals surface area contributed by atoms with Crippen molar-refractivity contribution in [3.63, 3.8) is 0 Å². The summed E-state index contributed by atoms with van der Waals surface area (Å²) in [5.41, 5.74) is -0.461. The maximum absolute atomic E-state index is 13.9. The van der Waals surface area contributed by atoms with Crippen LogP contribution >= 0.6 is 0 Å². The van der Waals surface area contributed by atoms with Crippen LogP contribution in [0.4, 0.5) is 8.78 Å². The first-order valence-electron chi connectivity index (χ1n) is 9.87. The normalized spacial score (nSPS) is 11.8. The summed E-state index contributed by atoms with van der Waals surface area (Å²) in [6.07, 6.45) is 0.976. The molecule has 1 amide bonds. The SMILES string of the molecule is CC(NC(=O)c1ccccc1C(=O)O)c1nc2ccc(F)cn2c(=O)c1-c1cccc(F)c1. The van der Waals surface area contributed by atoms with E-state index in [2.05, 4.69) is 10.3 Å². The Morgan fingerprint density at radius 3 is 2.42 bits per heavy atom. The second-order valence-electron chi connectivity index (χ2n) is 7.31. The molecule has 1 atom stereocenters. The van der Waals surface area contributed by atoms with E-state index in [0.717, 1.165) is 22.7 Å². The lowest BCUT2D eigenvalue weighted by atomic mass is 10.0. The van der Waals surface area contributed by atoms with E-state index >= 15 is 0 Å².